The van der Waals surface area contributed by atoms with Crippen molar-refractivity contribution in [1.82, 2.24) is 20.0 Å². The van der Waals surface area contributed by atoms with Crippen LogP contribution in [0.5, 0.6) is 0 Å². The first kappa shape index (κ1) is 18.2. The van der Waals surface area contributed by atoms with Crippen LogP contribution >= 0.6 is 0 Å². The molecule has 0 spiro atoms. The summed E-state index contributed by atoms with van der Waals surface area (Å²) in [6.07, 6.45) is 0.384. The molecule has 0 aliphatic rings. The Morgan fingerprint density at radius 1 is 1.25 bits per heavy atom. The highest BCUT2D eigenvalue weighted by atomic mass is 16.1. The predicted octanol–water partition coefficient (Wildman–Crippen LogP) is 2.04. The van der Waals surface area contributed by atoms with Gasteiger partial charge in [0, 0.05) is 37.3 Å². The van der Waals surface area contributed by atoms with Crippen LogP contribution < -0.4 is 5.32 Å². The molecule has 1 amide bonds. The smallest absolute Gasteiger partial charge is 0.224 e. The van der Waals surface area contributed by atoms with Gasteiger partial charge in [-0.2, -0.15) is 5.10 Å². The molecule has 1 heterocycles. The Balaban J connectivity index is 1.99. The molecule has 0 saturated heterocycles. The van der Waals surface area contributed by atoms with Gasteiger partial charge in [0.25, 0.3) is 0 Å². The number of carbonyl (C=O) groups excluding carboxylic acids is 1. The zero-order chi connectivity index (χ0) is 17.7. The van der Waals surface area contributed by atoms with Crippen LogP contribution in [0.4, 0.5) is 0 Å². The van der Waals surface area contributed by atoms with E-state index < -0.39 is 0 Å². The number of rotatable bonds is 7. The van der Waals surface area contributed by atoms with Gasteiger partial charge in [0.2, 0.25) is 5.91 Å². The SMILES string of the molecule is Cc1nn(C)c(C)c1CC(=O)NCC(CN(C)C)c1ccccc1. The number of likely N-dealkylation sites (N-methyl/N-ethyl adjacent to an activating group) is 1. The summed E-state index contributed by atoms with van der Waals surface area (Å²) in [5.74, 6) is 0.329. The molecule has 0 aliphatic carbocycles. The third-order valence-electron chi connectivity index (χ3n) is 4.40. The standard InChI is InChI=1S/C19H28N4O/c1-14-18(15(2)23(5)21-14)11-19(24)20-12-17(13-22(3)4)16-9-7-6-8-10-16/h6-10,17H,11-13H2,1-5H3,(H,20,24). The van der Waals surface area contributed by atoms with Crippen molar-refractivity contribution >= 4 is 5.91 Å². The molecule has 5 heteroatoms. The van der Waals surface area contributed by atoms with Crippen molar-refractivity contribution in [1.29, 1.82) is 0 Å². The van der Waals surface area contributed by atoms with Crippen LogP contribution in [0.1, 0.15) is 28.4 Å². The van der Waals surface area contributed by atoms with Crippen molar-refractivity contribution < 1.29 is 4.79 Å². The summed E-state index contributed by atoms with van der Waals surface area (Å²) in [5, 5.41) is 7.47. The summed E-state index contributed by atoms with van der Waals surface area (Å²) in [5.41, 5.74) is 4.26. The summed E-state index contributed by atoms with van der Waals surface area (Å²) in [6, 6.07) is 10.3. The minimum atomic E-state index is 0.0499. The lowest BCUT2D eigenvalue weighted by Crippen LogP contribution is -2.34. The fourth-order valence-corrected chi connectivity index (χ4v) is 2.99. The van der Waals surface area contributed by atoms with E-state index in [0.717, 1.165) is 23.5 Å². The molecule has 0 saturated carbocycles. The van der Waals surface area contributed by atoms with Crippen LogP contribution in [0.2, 0.25) is 0 Å². The maximum absolute atomic E-state index is 12.4. The van der Waals surface area contributed by atoms with Gasteiger partial charge in [-0.15, -0.1) is 0 Å². The number of benzene rings is 1. The maximum atomic E-state index is 12.4. The number of nitrogens with zero attached hydrogens (tertiary/aromatic N) is 3. The second kappa shape index (κ2) is 8.11. The van der Waals surface area contributed by atoms with Gasteiger partial charge in [-0.1, -0.05) is 30.3 Å². The number of hydrogen-bond donors (Lipinski definition) is 1. The molecule has 130 valence electrons. The Labute approximate surface area is 144 Å². The van der Waals surface area contributed by atoms with Crippen molar-refractivity contribution in [2.24, 2.45) is 7.05 Å². The maximum Gasteiger partial charge on any atom is 0.224 e. The molecule has 0 radical (unpaired) electrons. The number of carbonyl (C=O) groups is 1. The molecule has 1 aromatic heterocycles. The van der Waals surface area contributed by atoms with Gasteiger partial charge in [-0.05, 0) is 33.5 Å². The van der Waals surface area contributed by atoms with Crippen molar-refractivity contribution in [2.45, 2.75) is 26.2 Å². The number of nitrogens with one attached hydrogen (secondary N) is 1. The van der Waals surface area contributed by atoms with Gasteiger partial charge < -0.3 is 10.2 Å². The lowest BCUT2D eigenvalue weighted by atomic mass is 9.98. The summed E-state index contributed by atoms with van der Waals surface area (Å²) >= 11 is 0. The highest BCUT2D eigenvalue weighted by Crippen LogP contribution is 2.16. The molecule has 0 bridgehead atoms. The zero-order valence-corrected chi connectivity index (χ0v) is 15.3. The first-order valence-corrected chi connectivity index (χ1v) is 8.34. The minimum absolute atomic E-state index is 0.0499. The molecule has 1 unspecified atom stereocenters. The summed E-state index contributed by atoms with van der Waals surface area (Å²) in [7, 11) is 6.02. The molecule has 2 aromatic rings. The molecule has 1 N–H and O–H groups in total. The van der Waals surface area contributed by atoms with E-state index in [9.17, 15) is 4.79 Å². The molecule has 2 rings (SSSR count). The molecule has 24 heavy (non-hydrogen) atoms. The normalized spacial score (nSPS) is 12.4. The van der Waals surface area contributed by atoms with Crippen LogP contribution in [0.3, 0.4) is 0 Å². The largest absolute Gasteiger partial charge is 0.355 e. The Morgan fingerprint density at radius 2 is 1.92 bits per heavy atom. The highest BCUT2D eigenvalue weighted by molar-refractivity contribution is 5.79. The van der Waals surface area contributed by atoms with Gasteiger partial charge in [-0.3, -0.25) is 9.48 Å². The van der Waals surface area contributed by atoms with Crippen molar-refractivity contribution in [2.75, 3.05) is 27.2 Å². The monoisotopic (exact) mass is 328 g/mol. The Bertz CT molecular complexity index is 676. The van der Waals surface area contributed by atoms with Crippen LogP contribution in [0, 0.1) is 13.8 Å². The molecule has 1 aromatic carbocycles. The average molecular weight is 328 g/mol. The molecule has 0 fully saturated rings. The van der Waals surface area contributed by atoms with E-state index in [1.807, 2.05) is 43.8 Å². The van der Waals surface area contributed by atoms with E-state index in [4.69, 9.17) is 0 Å². The molecular formula is C19H28N4O. The van der Waals surface area contributed by atoms with E-state index >= 15 is 0 Å². The van der Waals surface area contributed by atoms with Crippen molar-refractivity contribution in [3.8, 4) is 0 Å². The van der Waals surface area contributed by atoms with E-state index in [2.05, 4.69) is 41.5 Å². The van der Waals surface area contributed by atoms with Gasteiger partial charge >= 0.3 is 0 Å². The third kappa shape index (κ3) is 4.68. The lowest BCUT2D eigenvalue weighted by molar-refractivity contribution is -0.120. The number of hydrogen-bond acceptors (Lipinski definition) is 3. The highest BCUT2D eigenvalue weighted by Gasteiger charge is 2.16. The van der Waals surface area contributed by atoms with E-state index in [1.165, 1.54) is 5.56 Å². The third-order valence-corrected chi connectivity index (χ3v) is 4.40. The van der Waals surface area contributed by atoms with Crippen molar-refractivity contribution in [3.63, 3.8) is 0 Å². The van der Waals surface area contributed by atoms with E-state index in [-0.39, 0.29) is 11.8 Å². The summed E-state index contributed by atoms with van der Waals surface area (Å²) in [6.45, 7) is 5.49. The summed E-state index contributed by atoms with van der Waals surface area (Å²) < 4.78 is 1.83. The minimum Gasteiger partial charge on any atom is -0.355 e. The van der Waals surface area contributed by atoms with E-state index in [1.54, 1.807) is 0 Å². The second-order valence-corrected chi connectivity index (χ2v) is 6.62. The second-order valence-electron chi connectivity index (χ2n) is 6.62. The van der Waals surface area contributed by atoms with Crippen molar-refractivity contribution in [3.05, 3.63) is 52.8 Å². The van der Waals surface area contributed by atoms with E-state index in [0.29, 0.717) is 13.0 Å². The average Bonchev–Trinajstić information content (AvgIpc) is 2.78. The van der Waals surface area contributed by atoms with Gasteiger partial charge in [0.1, 0.15) is 0 Å². The molecule has 0 aliphatic heterocycles. The Kier molecular flexibility index (Phi) is 6.15. The Hall–Kier alpha value is -2.14. The molecule has 1 atom stereocenters. The van der Waals surface area contributed by atoms with Crippen LogP contribution in [0.15, 0.2) is 30.3 Å². The predicted molar refractivity (Wildman–Crippen MR) is 97.1 cm³/mol. The van der Waals surface area contributed by atoms with Crippen LogP contribution in [0.25, 0.3) is 0 Å². The first-order chi connectivity index (χ1) is 11.4. The fourth-order valence-electron chi connectivity index (χ4n) is 2.99. The van der Waals surface area contributed by atoms with Gasteiger partial charge in [0.05, 0.1) is 12.1 Å². The zero-order valence-electron chi connectivity index (χ0n) is 15.3. The molecule has 5 nitrogen and oxygen atoms in total. The topological polar surface area (TPSA) is 50.2 Å². The fraction of sp³-hybridized carbons (Fsp3) is 0.474. The number of aromatic nitrogens is 2. The number of aryl methyl sites for hydroxylation is 2. The van der Waals surface area contributed by atoms with Crippen LogP contribution in [-0.2, 0) is 18.3 Å². The quantitative estimate of drug-likeness (QED) is 0.846. The molecular weight excluding hydrogens is 300 g/mol. The number of amides is 1. The Morgan fingerprint density at radius 3 is 2.46 bits per heavy atom. The first-order valence-electron chi connectivity index (χ1n) is 8.34. The van der Waals surface area contributed by atoms with Gasteiger partial charge in [-0.25, -0.2) is 0 Å². The summed E-state index contributed by atoms with van der Waals surface area (Å²) in [4.78, 5) is 14.5. The van der Waals surface area contributed by atoms with Crippen LogP contribution in [-0.4, -0.2) is 47.8 Å². The lowest BCUT2D eigenvalue weighted by Gasteiger charge is -2.22. The van der Waals surface area contributed by atoms with Gasteiger partial charge in [0.15, 0.2) is 0 Å².